The number of thiocarbonyl (C=S) groups is 1. The van der Waals surface area contributed by atoms with Crippen LogP contribution in [0.2, 0.25) is 0 Å². The van der Waals surface area contributed by atoms with Crippen LogP contribution in [-0.2, 0) is 9.53 Å². The molecule has 0 aromatic rings. The molecule has 1 saturated carbocycles. The van der Waals surface area contributed by atoms with Gasteiger partial charge >= 0.3 is 0 Å². The zero-order valence-electron chi connectivity index (χ0n) is 9.85. The minimum Gasteiger partial charge on any atom is -0.393 e. The van der Waals surface area contributed by atoms with Crippen LogP contribution in [0.3, 0.4) is 0 Å². The molecule has 2 aliphatic rings. The molecule has 1 atom stereocenters. The van der Waals surface area contributed by atoms with Gasteiger partial charge < -0.3 is 15.8 Å². The van der Waals surface area contributed by atoms with E-state index in [1.54, 1.807) is 0 Å². The zero-order valence-corrected chi connectivity index (χ0v) is 10.7. The molecule has 17 heavy (non-hydrogen) atoms. The molecule has 0 aromatic heterocycles. The maximum Gasteiger partial charge on any atom is 0.239 e. The summed E-state index contributed by atoms with van der Waals surface area (Å²) < 4.78 is 5.38. The van der Waals surface area contributed by atoms with E-state index in [2.05, 4.69) is 10.2 Å². The number of carbonyl (C=O) groups is 1. The van der Waals surface area contributed by atoms with Gasteiger partial charge in [0.15, 0.2) is 0 Å². The average molecular weight is 257 g/mol. The smallest absolute Gasteiger partial charge is 0.239 e. The molecule has 1 heterocycles. The van der Waals surface area contributed by atoms with E-state index in [-0.39, 0.29) is 11.9 Å². The van der Waals surface area contributed by atoms with E-state index in [1.807, 2.05) is 0 Å². The number of ether oxygens (including phenoxy) is 1. The highest BCUT2D eigenvalue weighted by Gasteiger charge is 2.32. The van der Waals surface area contributed by atoms with Crippen molar-refractivity contribution in [1.29, 1.82) is 0 Å². The molecule has 5 nitrogen and oxygen atoms in total. The van der Waals surface area contributed by atoms with E-state index in [1.165, 1.54) is 0 Å². The largest absolute Gasteiger partial charge is 0.393 e. The lowest BCUT2D eigenvalue weighted by molar-refractivity contribution is -0.132. The number of nitrogens with two attached hydrogens (primary N) is 1. The van der Waals surface area contributed by atoms with Gasteiger partial charge in [0.05, 0.1) is 18.2 Å². The number of carbonyl (C=O) groups excluding carboxylic acids is 1. The summed E-state index contributed by atoms with van der Waals surface area (Å²) in [5.74, 6) is 0.0788. The summed E-state index contributed by atoms with van der Waals surface area (Å²) in [5, 5.41) is 3.02. The average Bonchev–Trinajstić information content (AvgIpc) is 3.10. The predicted octanol–water partition coefficient (Wildman–Crippen LogP) is -0.358. The fourth-order valence-corrected chi connectivity index (χ4v) is 2.02. The Labute approximate surface area is 107 Å². The molecule has 0 radical (unpaired) electrons. The topological polar surface area (TPSA) is 67.6 Å². The molecule has 2 fully saturated rings. The van der Waals surface area contributed by atoms with Gasteiger partial charge in [-0.15, -0.1) is 0 Å². The van der Waals surface area contributed by atoms with Crippen LogP contribution in [-0.4, -0.2) is 54.2 Å². The lowest BCUT2D eigenvalue weighted by atomic mass is 10.2. The first kappa shape index (κ1) is 12.7. The van der Waals surface area contributed by atoms with Crippen LogP contribution in [0.4, 0.5) is 0 Å². The Morgan fingerprint density at radius 3 is 2.94 bits per heavy atom. The SMILES string of the molecule is NC(=S)CCN1CCOCC1C(=O)NC1CC1. The number of rotatable bonds is 5. The summed E-state index contributed by atoms with van der Waals surface area (Å²) in [6, 6.07) is 0.209. The van der Waals surface area contributed by atoms with Crippen molar-refractivity contribution in [3.05, 3.63) is 0 Å². The summed E-state index contributed by atoms with van der Waals surface area (Å²) in [6.45, 7) is 2.65. The standard InChI is InChI=1S/C11H19N3O2S/c12-10(17)3-4-14-5-6-16-7-9(14)11(15)13-8-1-2-8/h8-9H,1-7H2,(H2,12,17)(H,13,15). The predicted molar refractivity (Wildman–Crippen MR) is 68.7 cm³/mol. The fraction of sp³-hybridized carbons (Fsp3) is 0.818. The van der Waals surface area contributed by atoms with Crippen LogP contribution in [0.25, 0.3) is 0 Å². The monoisotopic (exact) mass is 257 g/mol. The number of nitrogens with zero attached hydrogens (tertiary/aromatic N) is 1. The van der Waals surface area contributed by atoms with Gasteiger partial charge in [-0.25, -0.2) is 0 Å². The summed E-state index contributed by atoms with van der Waals surface area (Å²) in [4.78, 5) is 14.6. The zero-order chi connectivity index (χ0) is 12.3. The van der Waals surface area contributed by atoms with Crippen LogP contribution in [0.15, 0.2) is 0 Å². The minimum atomic E-state index is -0.182. The van der Waals surface area contributed by atoms with E-state index in [0.29, 0.717) is 30.7 Å². The van der Waals surface area contributed by atoms with E-state index < -0.39 is 0 Å². The molecule has 1 saturated heterocycles. The highest BCUT2D eigenvalue weighted by molar-refractivity contribution is 7.80. The third kappa shape index (κ3) is 3.90. The Morgan fingerprint density at radius 2 is 2.29 bits per heavy atom. The second-order valence-corrected chi connectivity index (χ2v) is 5.15. The number of nitrogens with one attached hydrogen (secondary N) is 1. The van der Waals surface area contributed by atoms with Crippen molar-refractivity contribution in [3.63, 3.8) is 0 Å². The van der Waals surface area contributed by atoms with E-state index in [0.717, 1.165) is 25.9 Å². The summed E-state index contributed by atoms with van der Waals surface area (Å²) in [7, 11) is 0. The van der Waals surface area contributed by atoms with Crippen LogP contribution in [0, 0.1) is 0 Å². The van der Waals surface area contributed by atoms with Crippen molar-refractivity contribution in [2.75, 3.05) is 26.3 Å². The third-order valence-corrected chi connectivity index (χ3v) is 3.32. The van der Waals surface area contributed by atoms with Crippen molar-refractivity contribution in [2.45, 2.75) is 31.3 Å². The van der Waals surface area contributed by atoms with Crippen molar-refractivity contribution >= 4 is 23.1 Å². The molecule has 1 aliphatic heterocycles. The molecular formula is C11H19N3O2S. The molecule has 0 bridgehead atoms. The molecule has 1 amide bonds. The van der Waals surface area contributed by atoms with Crippen molar-refractivity contribution in [1.82, 2.24) is 10.2 Å². The van der Waals surface area contributed by atoms with Crippen molar-refractivity contribution in [2.24, 2.45) is 5.73 Å². The van der Waals surface area contributed by atoms with Gasteiger partial charge in [0.2, 0.25) is 5.91 Å². The Kier molecular flexibility index (Phi) is 4.31. The van der Waals surface area contributed by atoms with Crippen LogP contribution in [0.1, 0.15) is 19.3 Å². The Hall–Kier alpha value is -0.720. The molecular weight excluding hydrogens is 238 g/mol. The number of morpholine rings is 1. The van der Waals surface area contributed by atoms with Crippen LogP contribution in [0.5, 0.6) is 0 Å². The molecule has 1 unspecified atom stereocenters. The van der Waals surface area contributed by atoms with Gasteiger partial charge in [0.25, 0.3) is 0 Å². The quantitative estimate of drug-likeness (QED) is 0.659. The van der Waals surface area contributed by atoms with Gasteiger partial charge in [-0.2, -0.15) is 0 Å². The third-order valence-electron chi connectivity index (χ3n) is 3.11. The highest BCUT2D eigenvalue weighted by Crippen LogP contribution is 2.19. The first-order valence-corrected chi connectivity index (χ1v) is 6.48. The lowest BCUT2D eigenvalue weighted by Gasteiger charge is -2.34. The van der Waals surface area contributed by atoms with Crippen LogP contribution < -0.4 is 11.1 Å². The summed E-state index contributed by atoms with van der Waals surface area (Å²) in [5.41, 5.74) is 5.49. The maximum atomic E-state index is 12.0. The van der Waals surface area contributed by atoms with E-state index >= 15 is 0 Å². The second-order valence-electron chi connectivity index (χ2n) is 4.63. The summed E-state index contributed by atoms with van der Waals surface area (Å²) >= 11 is 4.87. The van der Waals surface area contributed by atoms with Gasteiger partial charge in [-0.05, 0) is 12.8 Å². The first-order chi connectivity index (χ1) is 8.16. The number of amides is 1. The normalized spacial score (nSPS) is 25.5. The van der Waals surface area contributed by atoms with Crippen LogP contribution >= 0.6 is 12.2 Å². The molecule has 96 valence electrons. The van der Waals surface area contributed by atoms with Crippen molar-refractivity contribution in [3.8, 4) is 0 Å². The maximum absolute atomic E-state index is 12.0. The van der Waals surface area contributed by atoms with Gasteiger partial charge in [0, 0.05) is 25.6 Å². The van der Waals surface area contributed by atoms with E-state index in [9.17, 15) is 4.79 Å². The Balaban J connectivity index is 1.85. The molecule has 0 aromatic carbocycles. The Bertz CT molecular complexity index is 307. The first-order valence-electron chi connectivity index (χ1n) is 6.07. The van der Waals surface area contributed by atoms with Gasteiger partial charge in [-0.1, -0.05) is 12.2 Å². The highest BCUT2D eigenvalue weighted by atomic mass is 32.1. The Morgan fingerprint density at radius 1 is 1.53 bits per heavy atom. The molecule has 0 spiro atoms. The van der Waals surface area contributed by atoms with E-state index in [4.69, 9.17) is 22.7 Å². The summed E-state index contributed by atoms with van der Waals surface area (Å²) in [6.07, 6.45) is 2.86. The van der Waals surface area contributed by atoms with Gasteiger partial charge in [0.1, 0.15) is 6.04 Å². The lowest BCUT2D eigenvalue weighted by Crippen LogP contribution is -2.54. The second kappa shape index (κ2) is 5.75. The number of hydrogen-bond donors (Lipinski definition) is 2. The molecule has 3 N–H and O–H groups in total. The fourth-order valence-electron chi connectivity index (χ4n) is 1.93. The van der Waals surface area contributed by atoms with Crippen molar-refractivity contribution < 1.29 is 9.53 Å². The molecule has 6 heteroatoms. The van der Waals surface area contributed by atoms with Gasteiger partial charge in [-0.3, -0.25) is 9.69 Å². The molecule has 2 rings (SSSR count). The molecule has 1 aliphatic carbocycles. The number of hydrogen-bond acceptors (Lipinski definition) is 4. The minimum absolute atomic E-state index is 0.0788.